The molecule has 25 heavy (non-hydrogen) atoms. The van der Waals surface area contributed by atoms with Crippen molar-refractivity contribution < 1.29 is 17.9 Å². The molecule has 0 radical (unpaired) electrons. The molecule has 0 bridgehead atoms. The number of nitrogens with one attached hydrogen (secondary N) is 2. The highest BCUT2D eigenvalue weighted by Gasteiger charge is 2.25. The fraction of sp³-hybridized carbons (Fsp3) is 0.235. The van der Waals surface area contributed by atoms with Gasteiger partial charge in [-0.25, -0.2) is 8.42 Å². The number of aryl methyl sites for hydroxylation is 1. The van der Waals surface area contributed by atoms with Crippen molar-refractivity contribution in [2.24, 2.45) is 0 Å². The lowest BCUT2D eigenvalue weighted by molar-refractivity contribution is -0.117. The topological polar surface area (TPSA) is 84.5 Å². The van der Waals surface area contributed by atoms with Crippen molar-refractivity contribution in [1.29, 1.82) is 0 Å². The highest BCUT2D eigenvalue weighted by molar-refractivity contribution is 9.10. The van der Waals surface area contributed by atoms with E-state index in [1.165, 1.54) is 20.1 Å². The molecule has 0 aromatic heterocycles. The van der Waals surface area contributed by atoms with E-state index in [0.717, 1.165) is 10.0 Å². The molecule has 0 saturated carbocycles. The summed E-state index contributed by atoms with van der Waals surface area (Å²) >= 11 is 3.31. The van der Waals surface area contributed by atoms with Crippen molar-refractivity contribution in [2.45, 2.75) is 24.8 Å². The third-order valence-electron chi connectivity index (χ3n) is 3.43. The van der Waals surface area contributed by atoms with E-state index < -0.39 is 22.0 Å². The SMILES string of the molecule is COc1ccc(C)cc1S(=O)(=O)NC(C)C(=O)Nc1cccc(Br)c1. The fourth-order valence-corrected chi connectivity index (χ4v) is 4.02. The van der Waals surface area contributed by atoms with Crippen LogP contribution in [0.1, 0.15) is 12.5 Å². The van der Waals surface area contributed by atoms with Gasteiger partial charge in [-0.3, -0.25) is 4.79 Å². The molecule has 0 aliphatic rings. The summed E-state index contributed by atoms with van der Waals surface area (Å²) in [7, 11) is -2.52. The molecule has 134 valence electrons. The Morgan fingerprint density at radius 2 is 1.92 bits per heavy atom. The Labute approximate surface area is 155 Å². The van der Waals surface area contributed by atoms with E-state index >= 15 is 0 Å². The lowest BCUT2D eigenvalue weighted by Gasteiger charge is -2.16. The van der Waals surface area contributed by atoms with Gasteiger partial charge >= 0.3 is 0 Å². The van der Waals surface area contributed by atoms with Gasteiger partial charge in [0.15, 0.2) is 0 Å². The van der Waals surface area contributed by atoms with Gasteiger partial charge in [-0.1, -0.05) is 28.1 Å². The van der Waals surface area contributed by atoms with E-state index in [2.05, 4.69) is 26.0 Å². The summed E-state index contributed by atoms with van der Waals surface area (Å²) in [6.07, 6.45) is 0. The lowest BCUT2D eigenvalue weighted by Crippen LogP contribution is -2.41. The minimum absolute atomic E-state index is 0.00268. The Morgan fingerprint density at radius 1 is 1.20 bits per heavy atom. The number of amides is 1. The van der Waals surface area contributed by atoms with Crippen LogP contribution in [0.4, 0.5) is 5.69 Å². The van der Waals surface area contributed by atoms with Gasteiger partial charge in [0, 0.05) is 10.2 Å². The molecular formula is C17H19BrN2O4S. The number of methoxy groups -OCH3 is 1. The maximum Gasteiger partial charge on any atom is 0.244 e. The van der Waals surface area contributed by atoms with Crippen LogP contribution in [0.5, 0.6) is 5.75 Å². The summed E-state index contributed by atoms with van der Waals surface area (Å²) in [5, 5.41) is 2.67. The summed E-state index contributed by atoms with van der Waals surface area (Å²) in [6.45, 7) is 3.26. The van der Waals surface area contributed by atoms with Crippen molar-refractivity contribution in [1.82, 2.24) is 4.72 Å². The number of carbonyl (C=O) groups excluding carboxylic acids is 1. The zero-order valence-corrected chi connectivity index (χ0v) is 16.4. The van der Waals surface area contributed by atoms with Crippen LogP contribution in [0.3, 0.4) is 0 Å². The molecule has 0 saturated heterocycles. The first-order valence-corrected chi connectivity index (χ1v) is 9.74. The molecule has 1 unspecified atom stereocenters. The summed E-state index contributed by atoms with van der Waals surface area (Å²) in [5.41, 5.74) is 1.34. The average molecular weight is 427 g/mol. The van der Waals surface area contributed by atoms with Gasteiger partial charge in [-0.15, -0.1) is 0 Å². The molecule has 2 N–H and O–H groups in total. The minimum Gasteiger partial charge on any atom is -0.495 e. The maximum absolute atomic E-state index is 12.6. The number of ether oxygens (including phenoxy) is 1. The van der Waals surface area contributed by atoms with Gasteiger partial charge in [0.05, 0.1) is 13.2 Å². The van der Waals surface area contributed by atoms with E-state index in [1.807, 2.05) is 6.07 Å². The van der Waals surface area contributed by atoms with E-state index in [1.54, 1.807) is 37.3 Å². The summed E-state index contributed by atoms with van der Waals surface area (Å²) < 4.78 is 33.5. The van der Waals surface area contributed by atoms with Crippen LogP contribution in [0.25, 0.3) is 0 Å². The predicted octanol–water partition coefficient (Wildman–Crippen LogP) is 3.07. The Morgan fingerprint density at radius 3 is 2.56 bits per heavy atom. The first-order valence-electron chi connectivity index (χ1n) is 7.46. The molecule has 1 atom stereocenters. The lowest BCUT2D eigenvalue weighted by atomic mass is 10.2. The summed E-state index contributed by atoms with van der Waals surface area (Å²) in [4.78, 5) is 12.3. The van der Waals surface area contributed by atoms with Crippen LogP contribution in [0.2, 0.25) is 0 Å². The molecule has 0 spiro atoms. The molecule has 8 heteroatoms. The number of halogens is 1. The number of hydrogen-bond acceptors (Lipinski definition) is 4. The molecule has 0 aliphatic heterocycles. The van der Waals surface area contributed by atoms with Crippen LogP contribution in [0, 0.1) is 6.92 Å². The van der Waals surface area contributed by atoms with Crippen molar-refractivity contribution >= 4 is 37.5 Å². The number of sulfonamides is 1. The molecular weight excluding hydrogens is 408 g/mol. The predicted molar refractivity (Wildman–Crippen MR) is 100 cm³/mol. The van der Waals surface area contributed by atoms with E-state index in [0.29, 0.717) is 5.69 Å². The van der Waals surface area contributed by atoms with Crippen molar-refractivity contribution in [3.8, 4) is 5.75 Å². The van der Waals surface area contributed by atoms with Crippen LogP contribution in [-0.2, 0) is 14.8 Å². The average Bonchev–Trinajstić information content (AvgIpc) is 2.54. The zero-order valence-electron chi connectivity index (χ0n) is 14.0. The van der Waals surface area contributed by atoms with Gasteiger partial charge in [0.2, 0.25) is 15.9 Å². The second-order valence-electron chi connectivity index (χ2n) is 5.50. The van der Waals surface area contributed by atoms with E-state index in [9.17, 15) is 13.2 Å². The van der Waals surface area contributed by atoms with Gasteiger partial charge in [-0.05, 0) is 49.7 Å². The Kier molecular flexibility index (Phi) is 6.21. The van der Waals surface area contributed by atoms with Crippen molar-refractivity contribution in [3.05, 3.63) is 52.5 Å². The molecule has 2 rings (SSSR count). The highest BCUT2D eigenvalue weighted by atomic mass is 79.9. The molecule has 6 nitrogen and oxygen atoms in total. The van der Waals surface area contributed by atoms with Crippen molar-refractivity contribution in [3.63, 3.8) is 0 Å². The second kappa shape index (κ2) is 7.99. The quantitative estimate of drug-likeness (QED) is 0.742. The first kappa shape index (κ1) is 19.4. The number of anilines is 1. The van der Waals surface area contributed by atoms with E-state index in [-0.39, 0.29) is 10.6 Å². The first-order chi connectivity index (χ1) is 11.7. The number of hydrogen-bond donors (Lipinski definition) is 2. The van der Waals surface area contributed by atoms with Gasteiger partial charge in [-0.2, -0.15) is 4.72 Å². The normalized spacial score (nSPS) is 12.5. The van der Waals surface area contributed by atoms with Gasteiger partial charge in [0.25, 0.3) is 0 Å². The molecule has 0 fully saturated rings. The monoisotopic (exact) mass is 426 g/mol. The third-order valence-corrected chi connectivity index (χ3v) is 5.48. The summed E-state index contributed by atoms with van der Waals surface area (Å²) in [5.74, 6) is -0.244. The Balaban J connectivity index is 2.17. The van der Waals surface area contributed by atoms with Crippen LogP contribution in [0.15, 0.2) is 51.8 Å². The fourth-order valence-electron chi connectivity index (χ4n) is 2.16. The number of benzene rings is 2. The van der Waals surface area contributed by atoms with Gasteiger partial charge in [0.1, 0.15) is 10.6 Å². The van der Waals surface area contributed by atoms with Crippen LogP contribution >= 0.6 is 15.9 Å². The number of rotatable bonds is 6. The zero-order chi connectivity index (χ0) is 18.6. The van der Waals surface area contributed by atoms with E-state index in [4.69, 9.17) is 4.74 Å². The highest BCUT2D eigenvalue weighted by Crippen LogP contribution is 2.25. The Bertz CT molecular complexity index is 884. The molecule has 0 heterocycles. The molecule has 2 aromatic carbocycles. The maximum atomic E-state index is 12.6. The minimum atomic E-state index is -3.92. The van der Waals surface area contributed by atoms with Crippen LogP contribution < -0.4 is 14.8 Å². The largest absolute Gasteiger partial charge is 0.495 e. The van der Waals surface area contributed by atoms with Crippen LogP contribution in [-0.4, -0.2) is 27.5 Å². The van der Waals surface area contributed by atoms with Gasteiger partial charge < -0.3 is 10.1 Å². The standard InChI is InChI=1S/C17H19BrN2O4S/c1-11-7-8-15(24-3)16(9-11)25(22,23)20-12(2)17(21)19-14-6-4-5-13(18)10-14/h4-10,12,20H,1-3H3,(H,19,21). The van der Waals surface area contributed by atoms with Crippen molar-refractivity contribution in [2.75, 3.05) is 12.4 Å². The molecule has 0 aliphatic carbocycles. The number of carbonyl (C=O) groups is 1. The molecule has 1 amide bonds. The molecule has 2 aromatic rings. The Hall–Kier alpha value is -1.90. The summed E-state index contributed by atoms with van der Waals surface area (Å²) in [6, 6.07) is 10.9. The smallest absolute Gasteiger partial charge is 0.244 e. The third kappa shape index (κ3) is 5.04. The second-order valence-corrected chi connectivity index (χ2v) is 8.09.